The van der Waals surface area contributed by atoms with Gasteiger partial charge in [-0.15, -0.1) is 0 Å². The van der Waals surface area contributed by atoms with E-state index in [9.17, 15) is 22.4 Å². The van der Waals surface area contributed by atoms with Crippen molar-refractivity contribution in [3.05, 3.63) is 46.6 Å². The summed E-state index contributed by atoms with van der Waals surface area (Å²) in [5, 5.41) is 8.32. The predicted octanol–water partition coefficient (Wildman–Crippen LogP) is 3.65. The van der Waals surface area contributed by atoms with Gasteiger partial charge in [0.1, 0.15) is 11.0 Å². The fourth-order valence-electron chi connectivity index (χ4n) is 1.55. The summed E-state index contributed by atoms with van der Waals surface area (Å²) in [4.78, 5) is 17.1. The van der Waals surface area contributed by atoms with Gasteiger partial charge in [-0.1, -0.05) is 11.6 Å². The van der Waals surface area contributed by atoms with E-state index in [1.165, 1.54) is 0 Å². The highest BCUT2D eigenvalue weighted by Crippen LogP contribution is 2.30. The number of alkyl halides is 3. The number of rotatable bonds is 2. The first-order chi connectivity index (χ1) is 9.66. The molecule has 0 aliphatic heterocycles. The molecule has 1 aromatic carbocycles. The van der Waals surface area contributed by atoms with Crippen molar-refractivity contribution in [1.29, 1.82) is 0 Å². The van der Waals surface area contributed by atoms with Crippen molar-refractivity contribution in [1.82, 2.24) is 9.97 Å². The average molecular weight is 321 g/mol. The van der Waals surface area contributed by atoms with Crippen molar-refractivity contribution in [2.45, 2.75) is 6.18 Å². The van der Waals surface area contributed by atoms with Crippen molar-refractivity contribution in [2.75, 3.05) is 0 Å². The largest absolute Gasteiger partial charge is 0.478 e. The minimum atomic E-state index is -4.83. The minimum absolute atomic E-state index is 0.151. The number of hydrogen-bond donors (Lipinski definition) is 1. The lowest BCUT2D eigenvalue weighted by atomic mass is 10.1. The van der Waals surface area contributed by atoms with E-state index in [-0.39, 0.29) is 11.3 Å². The third kappa shape index (κ3) is 3.46. The first-order valence-corrected chi connectivity index (χ1v) is 5.70. The molecule has 0 radical (unpaired) electrons. The number of carbonyl (C=O) groups is 1. The molecule has 1 N–H and O–H groups in total. The molecule has 9 heteroatoms. The summed E-state index contributed by atoms with van der Waals surface area (Å²) in [6, 6.07) is 3.56. The lowest BCUT2D eigenvalue weighted by Crippen LogP contribution is -2.11. The number of benzene rings is 1. The molecule has 0 bridgehead atoms. The van der Waals surface area contributed by atoms with Gasteiger partial charge in [0.15, 0.2) is 0 Å². The number of nitrogens with zero attached hydrogens (tertiary/aromatic N) is 2. The van der Waals surface area contributed by atoms with Crippen LogP contribution in [0, 0.1) is 5.82 Å². The SMILES string of the molecule is O=C(O)c1cc(F)cc(-c2cc(Cl)nc(C(F)(F)F)n2)c1. The number of halogens is 5. The van der Waals surface area contributed by atoms with Gasteiger partial charge in [0, 0.05) is 11.6 Å². The first kappa shape index (κ1) is 15.2. The Morgan fingerprint density at radius 1 is 1.14 bits per heavy atom. The summed E-state index contributed by atoms with van der Waals surface area (Å²) in [5.74, 6) is -3.84. The van der Waals surface area contributed by atoms with Crippen LogP contribution in [0.1, 0.15) is 16.2 Å². The highest BCUT2D eigenvalue weighted by atomic mass is 35.5. The van der Waals surface area contributed by atoms with Gasteiger partial charge in [-0.05, 0) is 18.2 Å². The maximum atomic E-state index is 13.3. The van der Waals surface area contributed by atoms with E-state index < -0.39 is 34.5 Å². The van der Waals surface area contributed by atoms with Crippen LogP contribution < -0.4 is 0 Å². The van der Waals surface area contributed by atoms with Crippen molar-refractivity contribution in [3.63, 3.8) is 0 Å². The van der Waals surface area contributed by atoms with Gasteiger partial charge in [-0.25, -0.2) is 19.2 Å². The Hall–Kier alpha value is -2.22. The van der Waals surface area contributed by atoms with Crippen molar-refractivity contribution < 1.29 is 27.5 Å². The highest BCUT2D eigenvalue weighted by molar-refractivity contribution is 6.29. The third-order valence-electron chi connectivity index (χ3n) is 2.39. The van der Waals surface area contributed by atoms with E-state index in [0.29, 0.717) is 0 Å². The van der Waals surface area contributed by atoms with Gasteiger partial charge in [0.2, 0.25) is 5.82 Å². The molecule has 0 saturated carbocycles. The molecule has 2 rings (SSSR count). The van der Waals surface area contributed by atoms with Gasteiger partial charge < -0.3 is 5.11 Å². The summed E-state index contributed by atoms with van der Waals surface area (Å²) in [6.45, 7) is 0. The molecule has 0 aliphatic carbocycles. The van der Waals surface area contributed by atoms with Crippen LogP contribution in [0.4, 0.5) is 17.6 Å². The molecule has 0 saturated heterocycles. The summed E-state index contributed by atoms with van der Waals surface area (Å²) in [6.07, 6.45) is -4.83. The van der Waals surface area contributed by atoms with E-state index in [0.717, 1.165) is 24.3 Å². The van der Waals surface area contributed by atoms with Crippen LogP contribution in [-0.2, 0) is 6.18 Å². The zero-order chi connectivity index (χ0) is 15.8. The van der Waals surface area contributed by atoms with Crippen LogP contribution in [0.2, 0.25) is 5.15 Å². The Bertz CT molecular complexity index is 719. The second-order valence-electron chi connectivity index (χ2n) is 3.93. The average Bonchev–Trinajstić information content (AvgIpc) is 2.36. The summed E-state index contributed by atoms with van der Waals surface area (Å²) < 4.78 is 51.1. The summed E-state index contributed by atoms with van der Waals surface area (Å²) in [7, 11) is 0. The molecule has 1 heterocycles. The Morgan fingerprint density at radius 3 is 2.38 bits per heavy atom. The second-order valence-corrected chi connectivity index (χ2v) is 4.32. The van der Waals surface area contributed by atoms with E-state index in [4.69, 9.17) is 16.7 Å². The monoisotopic (exact) mass is 320 g/mol. The number of aromatic nitrogens is 2. The van der Waals surface area contributed by atoms with E-state index in [1.807, 2.05) is 0 Å². The number of carboxylic acid groups (broad SMARTS) is 1. The highest BCUT2D eigenvalue weighted by Gasteiger charge is 2.35. The Kier molecular flexibility index (Phi) is 3.82. The minimum Gasteiger partial charge on any atom is -0.478 e. The smallest absolute Gasteiger partial charge is 0.451 e. The van der Waals surface area contributed by atoms with Crippen LogP contribution in [0.25, 0.3) is 11.3 Å². The number of carboxylic acids is 1. The lowest BCUT2D eigenvalue weighted by Gasteiger charge is -2.08. The van der Waals surface area contributed by atoms with Gasteiger partial charge in [-0.3, -0.25) is 0 Å². The molecule has 1 aromatic heterocycles. The third-order valence-corrected chi connectivity index (χ3v) is 2.58. The van der Waals surface area contributed by atoms with Crippen molar-refractivity contribution in [2.24, 2.45) is 0 Å². The van der Waals surface area contributed by atoms with Crippen LogP contribution in [0.5, 0.6) is 0 Å². The van der Waals surface area contributed by atoms with Crippen LogP contribution in [-0.4, -0.2) is 21.0 Å². The standard InChI is InChI=1S/C12H5ClF4N2O2/c13-9-4-8(18-11(19-9)12(15,16)17)5-1-6(10(20)21)3-7(14)2-5/h1-4H,(H,20,21). The fraction of sp³-hybridized carbons (Fsp3) is 0.0833. The maximum Gasteiger partial charge on any atom is 0.451 e. The van der Waals surface area contributed by atoms with E-state index >= 15 is 0 Å². The Morgan fingerprint density at radius 2 is 1.81 bits per heavy atom. The van der Waals surface area contributed by atoms with E-state index in [2.05, 4.69) is 9.97 Å². The molecular formula is C12H5ClF4N2O2. The van der Waals surface area contributed by atoms with Crippen molar-refractivity contribution >= 4 is 17.6 Å². The summed E-state index contributed by atoms with van der Waals surface area (Å²) in [5.41, 5.74) is -0.903. The molecule has 0 amide bonds. The first-order valence-electron chi connectivity index (χ1n) is 5.33. The van der Waals surface area contributed by atoms with E-state index in [1.54, 1.807) is 0 Å². The molecule has 4 nitrogen and oxygen atoms in total. The van der Waals surface area contributed by atoms with Gasteiger partial charge in [-0.2, -0.15) is 13.2 Å². The van der Waals surface area contributed by atoms with Crippen LogP contribution >= 0.6 is 11.6 Å². The molecule has 0 atom stereocenters. The molecule has 21 heavy (non-hydrogen) atoms. The predicted molar refractivity (Wildman–Crippen MR) is 64.4 cm³/mol. The fourth-order valence-corrected chi connectivity index (χ4v) is 1.74. The molecule has 110 valence electrons. The Labute approximate surface area is 120 Å². The Balaban J connectivity index is 2.62. The van der Waals surface area contributed by atoms with Gasteiger partial charge >= 0.3 is 12.1 Å². The molecule has 0 unspecified atom stereocenters. The maximum absolute atomic E-state index is 13.3. The summed E-state index contributed by atoms with van der Waals surface area (Å²) >= 11 is 5.49. The topological polar surface area (TPSA) is 63.1 Å². The lowest BCUT2D eigenvalue weighted by molar-refractivity contribution is -0.144. The van der Waals surface area contributed by atoms with Crippen molar-refractivity contribution in [3.8, 4) is 11.3 Å². The number of hydrogen-bond acceptors (Lipinski definition) is 3. The second kappa shape index (κ2) is 5.28. The van der Waals surface area contributed by atoms with Gasteiger partial charge in [0.25, 0.3) is 0 Å². The quantitative estimate of drug-likeness (QED) is 0.677. The van der Waals surface area contributed by atoms with Crippen LogP contribution in [0.15, 0.2) is 24.3 Å². The molecule has 0 spiro atoms. The molecule has 2 aromatic rings. The molecule has 0 aliphatic rings. The molecular weight excluding hydrogens is 316 g/mol. The number of aromatic carboxylic acids is 1. The zero-order valence-corrected chi connectivity index (χ0v) is 10.7. The normalized spacial score (nSPS) is 11.5. The van der Waals surface area contributed by atoms with Gasteiger partial charge in [0.05, 0.1) is 11.3 Å². The zero-order valence-electron chi connectivity index (χ0n) is 9.95. The van der Waals surface area contributed by atoms with Crippen LogP contribution in [0.3, 0.4) is 0 Å². The molecule has 0 fully saturated rings.